The fourth-order valence-corrected chi connectivity index (χ4v) is 2.58. The molecule has 0 saturated heterocycles. The molecule has 0 fully saturated rings. The minimum Gasteiger partial charge on any atom is -0.390 e. The number of thioether (sulfide) groups is 1. The third-order valence-corrected chi connectivity index (χ3v) is 4.11. The van der Waals surface area contributed by atoms with Crippen molar-refractivity contribution in [1.29, 1.82) is 0 Å². The van der Waals surface area contributed by atoms with Crippen LogP contribution < -0.4 is 5.32 Å². The third-order valence-electron chi connectivity index (χ3n) is 2.95. The summed E-state index contributed by atoms with van der Waals surface area (Å²) in [5.41, 5.74) is 1.10. The van der Waals surface area contributed by atoms with Crippen molar-refractivity contribution in [1.82, 2.24) is 9.55 Å². The Labute approximate surface area is 126 Å². The second kappa shape index (κ2) is 6.73. The van der Waals surface area contributed by atoms with Gasteiger partial charge in [-0.25, -0.2) is 9.37 Å². The first-order valence-electron chi connectivity index (χ1n) is 6.36. The molecule has 0 aliphatic rings. The lowest BCUT2D eigenvalue weighted by Gasteiger charge is -2.12. The van der Waals surface area contributed by atoms with E-state index >= 15 is 0 Å². The zero-order chi connectivity index (χ0) is 15.4. The van der Waals surface area contributed by atoms with E-state index in [1.54, 1.807) is 30.8 Å². The molecule has 0 spiro atoms. The molecule has 0 saturated carbocycles. The van der Waals surface area contributed by atoms with Crippen LogP contribution in [0, 0.1) is 5.82 Å². The van der Waals surface area contributed by atoms with Crippen molar-refractivity contribution in [3.8, 4) is 0 Å². The summed E-state index contributed by atoms with van der Waals surface area (Å²) in [6.07, 6.45) is 1.57. The van der Waals surface area contributed by atoms with Crippen molar-refractivity contribution < 1.29 is 14.3 Å². The van der Waals surface area contributed by atoms with E-state index in [1.807, 2.05) is 0 Å². The zero-order valence-electron chi connectivity index (χ0n) is 11.7. The Morgan fingerprint density at radius 1 is 1.57 bits per heavy atom. The lowest BCUT2D eigenvalue weighted by Crippen LogP contribution is -2.22. The van der Waals surface area contributed by atoms with Crippen LogP contribution in [0.1, 0.15) is 12.6 Å². The van der Waals surface area contributed by atoms with Gasteiger partial charge in [0.2, 0.25) is 5.91 Å². The number of nitrogens with one attached hydrogen (secondary N) is 1. The fraction of sp³-hybridized carbons (Fsp3) is 0.286. The molecule has 0 bridgehead atoms. The molecule has 1 aromatic heterocycles. The molecule has 0 aliphatic carbocycles. The number of aliphatic hydroxyl groups is 1. The van der Waals surface area contributed by atoms with Crippen LogP contribution in [0.15, 0.2) is 35.6 Å². The first kappa shape index (κ1) is 15.5. The fourth-order valence-electron chi connectivity index (χ4n) is 1.70. The molecule has 1 unspecified atom stereocenters. The van der Waals surface area contributed by atoms with Gasteiger partial charge in [-0.15, -0.1) is 0 Å². The van der Waals surface area contributed by atoms with Gasteiger partial charge in [-0.2, -0.15) is 0 Å². The van der Waals surface area contributed by atoms with E-state index in [0.717, 1.165) is 0 Å². The predicted octanol–water partition coefficient (Wildman–Crippen LogP) is 2.17. The molecular formula is C14H16FN3O2S. The highest BCUT2D eigenvalue weighted by molar-refractivity contribution is 8.00. The standard InChI is InChI=1S/C14H16FN3O2S/c1-9(21-14-16-7-12(8-19)18(14)2)13(20)17-11-5-3-4-10(15)6-11/h3-7,9,19H,8H2,1-2H3,(H,17,20). The molecule has 1 atom stereocenters. The van der Waals surface area contributed by atoms with E-state index in [9.17, 15) is 9.18 Å². The molecule has 1 amide bonds. The van der Waals surface area contributed by atoms with Gasteiger partial charge in [0.05, 0.1) is 23.7 Å². The lowest BCUT2D eigenvalue weighted by molar-refractivity contribution is -0.115. The number of imidazole rings is 1. The minimum atomic E-state index is -0.402. The normalized spacial score (nSPS) is 12.2. The van der Waals surface area contributed by atoms with Crippen LogP contribution in [0.25, 0.3) is 0 Å². The van der Waals surface area contributed by atoms with Gasteiger partial charge in [-0.3, -0.25) is 4.79 Å². The van der Waals surface area contributed by atoms with Gasteiger partial charge in [0, 0.05) is 12.7 Å². The molecule has 2 rings (SSSR count). The maximum Gasteiger partial charge on any atom is 0.237 e. The van der Waals surface area contributed by atoms with Crippen LogP contribution in [0.5, 0.6) is 0 Å². The molecular weight excluding hydrogens is 293 g/mol. The molecule has 1 aromatic carbocycles. The number of aromatic nitrogens is 2. The van der Waals surface area contributed by atoms with Crippen LogP contribution in [0.4, 0.5) is 10.1 Å². The SMILES string of the molecule is CC(Sc1ncc(CO)n1C)C(=O)Nc1cccc(F)c1. The molecule has 7 heteroatoms. The number of anilines is 1. The molecule has 2 aromatic rings. The van der Waals surface area contributed by atoms with Crippen molar-refractivity contribution in [2.24, 2.45) is 7.05 Å². The van der Waals surface area contributed by atoms with Gasteiger partial charge in [-0.1, -0.05) is 17.8 Å². The number of benzene rings is 1. The maximum absolute atomic E-state index is 13.1. The Hall–Kier alpha value is -1.86. The maximum atomic E-state index is 13.1. The highest BCUT2D eigenvalue weighted by atomic mass is 32.2. The second-order valence-corrected chi connectivity index (χ2v) is 5.82. The Kier molecular flexibility index (Phi) is 4.98. The van der Waals surface area contributed by atoms with Gasteiger partial charge in [0.1, 0.15) is 5.82 Å². The number of rotatable bonds is 5. The van der Waals surface area contributed by atoms with Crippen LogP contribution in [-0.2, 0) is 18.4 Å². The molecule has 0 aliphatic heterocycles. The van der Waals surface area contributed by atoms with Crippen LogP contribution in [0.2, 0.25) is 0 Å². The smallest absolute Gasteiger partial charge is 0.237 e. The Morgan fingerprint density at radius 3 is 2.95 bits per heavy atom. The number of carbonyl (C=O) groups excluding carboxylic acids is 1. The summed E-state index contributed by atoms with van der Waals surface area (Å²) in [7, 11) is 1.78. The molecule has 21 heavy (non-hydrogen) atoms. The first-order valence-corrected chi connectivity index (χ1v) is 7.23. The molecule has 0 radical (unpaired) electrons. The largest absolute Gasteiger partial charge is 0.390 e. The number of halogens is 1. The van der Waals surface area contributed by atoms with Crippen molar-refractivity contribution in [3.63, 3.8) is 0 Å². The summed E-state index contributed by atoms with van der Waals surface area (Å²) >= 11 is 1.27. The Balaban J connectivity index is 2.01. The Morgan fingerprint density at radius 2 is 2.33 bits per heavy atom. The number of amides is 1. The first-order chi connectivity index (χ1) is 10.0. The molecule has 1 heterocycles. The van der Waals surface area contributed by atoms with Crippen LogP contribution >= 0.6 is 11.8 Å². The second-order valence-electron chi connectivity index (χ2n) is 4.51. The summed E-state index contributed by atoms with van der Waals surface area (Å²) in [5, 5.41) is 12.0. The number of carbonyl (C=O) groups is 1. The third kappa shape index (κ3) is 3.83. The van der Waals surface area contributed by atoms with Gasteiger partial charge in [0.25, 0.3) is 0 Å². The average molecular weight is 309 g/mol. The van der Waals surface area contributed by atoms with Crippen molar-refractivity contribution >= 4 is 23.4 Å². The quantitative estimate of drug-likeness (QED) is 0.831. The number of hydrogen-bond donors (Lipinski definition) is 2. The average Bonchev–Trinajstić information content (AvgIpc) is 2.79. The highest BCUT2D eigenvalue weighted by Gasteiger charge is 2.18. The van der Waals surface area contributed by atoms with Crippen molar-refractivity contribution in [3.05, 3.63) is 42.0 Å². The van der Waals surface area contributed by atoms with E-state index in [0.29, 0.717) is 16.5 Å². The van der Waals surface area contributed by atoms with Gasteiger partial charge < -0.3 is 15.0 Å². The minimum absolute atomic E-state index is 0.103. The summed E-state index contributed by atoms with van der Waals surface area (Å²) in [5.74, 6) is -0.635. The zero-order valence-corrected chi connectivity index (χ0v) is 12.5. The van der Waals surface area contributed by atoms with E-state index in [2.05, 4.69) is 10.3 Å². The van der Waals surface area contributed by atoms with Crippen molar-refractivity contribution in [2.45, 2.75) is 23.9 Å². The summed E-state index contributed by atoms with van der Waals surface area (Å²) in [6, 6.07) is 5.75. The number of aliphatic hydroxyl groups excluding tert-OH is 1. The number of nitrogens with zero attached hydrogens (tertiary/aromatic N) is 2. The lowest BCUT2D eigenvalue weighted by atomic mass is 10.3. The predicted molar refractivity (Wildman–Crippen MR) is 79.5 cm³/mol. The van der Waals surface area contributed by atoms with E-state index in [4.69, 9.17) is 5.11 Å². The van der Waals surface area contributed by atoms with E-state index in [1.165, 1.54) is 30.0 Å². The molecule has 5 nitrogen and oxygen atoms in total. The van der Waals surface area contributed by atoms with Crippen LogP contribution in [0.3, 0.4) is 0 Å². The van der Waals surface area contributed by atoms with E-state index in [-0.39, 0.29) is 12.5 Å². The number of hydrogen-bond acceptors (Lipinski definition) is 4. The van der Waals surface area contributed by atoms with Crippen molar-refractivity contribution in [2.75, 3.05) is 5.32 Å². The van der Waals surface area contributed by atoms with E-state index < -0.39 is 11.1 Å². The summed E-state index contributed by atoms with van der Waals surface area (Å²) < 4.78 is 14.8. The highest BCUT2D eigenvalue weighted by Crippen LogP contribution is 2.23. The summed E-state index contributed by atoms with van der Waals surface area (Å²) in [4.78, 5) is 16.2. The monoisotopic (exact) mass is 309 g/mol. The van der Waals surface area contributed by atoms with Gasteiger partial charge >= 0.3 is 0 Å². The Bertz CT molecular complexity index is 645. The van der Waals surface area contributed by atoms with Crippen LogP contribution in [-0.4, -0.2) is 25.8 Å². The summed E-state index contributed by atoms with van der Waals surface area (Å²) in [6.45, 7) is 1.64. The topological polar surface area (TPSA) is 67.2 Å². The molecule has 112 valence electrons. The van der Waals surface area contributed by atoms with Gasteiger partial charge in [0.15, 0.2) is 5.16 Å². The molecule has 2 N–H and O–H groups in total. The van der Waals surface area contributed by atoms with Gasteiger partial charge in [-0.05, 0) is 25.1 Å².